The second kappa shape index (κ2) is 6.31. The highest BCUT2D eigenvalue weighted by atomic mass is 32.1. The van der Waals surface area contributed by atoms with E-state index in [-0.39, 0.29) is 18.0 Å². The number of nitrogens with one attached hydrogen (secondary N) is 1. The molecule has 0 fully saturated rings. The van der Waals surface area contributed by atoms with E-state index in [1.807, 2.05) is 0 Å². The number of benzene rings is 1. The van der Waals surface area contributed by atoms with Crippen LogP contribution in [0.25, 0.3) is 0 Å². The van der Waals surface area contributed by atoms with Crippen LogP contribution in [0.4, 0.5) is 16.4 Å². The molecular weight excluding hydrogens is 294 g/mol. The number of esters is 1. The summed E-state index contributed by atoms with van der Waals surface area (Å²) in [6, 6.07) is 6.21. The molecule has 1 aromatic carbocycles. The van der Waals surface area contributed by atoms with Gasteiger partial charge in [-0.1, -0.05) is 12.1 Å². The van der Waals surface area contributed by atoms with Crippen LogP contribution in [0.15, 0.2) is 24.3 Å². The van der Waals surface area contributed by atoms with Crippen molar-refractivity contribution in [2.45, 2.75) is 13.8 Å². The normalized spacial score (nSPS) is 10.2. The maximum absolute atomic E-state index is 11.8. The topological polar surface area (TPSA) is 94.4 Å². The van der Waals surface area contributed by atoms with E-state index in [4.69, 9.17) is 4.74 Å². The Morgan fingerprint density at radius 3 is 2.86 bits per heavy atom. The lowest BCUT2D eigenvalue weighted by atomic mass is 10.2. The van der Waals surface area contributed by atoms with Crippen LogP contribution in [0.2, 0.25) is 0 Å². The third-order valence-corrected chi connectivity index (χ3v) is 3.44. The Hall–Kier alpha value is -2.48. The smallest absolute Gasteiger partial charge is 0.360 e. The second-order valence-corrected chi connectivity index (χ2v) is 5.23. The van der Waals surface area contributed by atoms with Crippen molar-refractivity contribution >= 4 is 33.7 Å². The molecule has 0 spiro atoms. The number of para-hydroxylation sites is 2. The van der Waals surface area contributed by atoms with E-state index in [1.54, 1.807) is 32.0 Å². The van der Waals surface area contributed by atoms with Gasteiger partial charge >= 0.3 is 5.97 Å². The van der Waals surface area contributed by atoms with Crippen molar-refractivity contribution in [2.24, 2.45) is 0 Å². The minimum absolute atomic E-state index is 0.0710. The van der Waals surface area contributed by atoms with Gasteiger partial charge in [0.05, 0.1) is 16.5 Å². The van der Waals surface area contributed by atoms with E-state index in [2.05, 4.69) is 10.3 Å². The molecule has 0 saturated heterocycles. The number of thiazole rings is 1. The number of aromatic nitrogens is 1. The van der Waals surface area contributed by atoms with Gasteiger partial charge in [-0.2, -0.15) is 0 Å². The summed E-state index contributed by atoms with van der Waals surface area (Å²) >= 11 is 1.24. The molecule has 2 rings (SSSR count). The number of carbonyl (C=O) groups excluding carboxylic acids is 1. The van der Waals surface area contributed by atoms with Gasteiger partial charge in [0.25, 0.3) is 5.69 Å². The van der Waals surface area contributed by atoms with Crippen LogP contribution in [0.3, 0.4) is 0 Å². The molecule has 7 nitrogen and oxygen atoms in total. The molecular formula is C13H13N3O4S. The van der Waals surface area contributed by atoms with Crippen molar-refractivity contribution in [3.05, 3.63) is 45.1 Å². The maximum Gasteiger partial charge on any atom is 0.360 e. The predicted octanol–water partition coefficient (Wildman–Crippen LogP) is 3.28. The summed E-state index contributed by atoms with van der Waals surface area (Å²) in [5.41, 5.74) is 0.368. The molecule has 0 aliphatic carbocycles. The summed E-state index contributed by atoms with van der Waals surface area (Å²) in [5.74, 6) is -0.553. The zero-order valence-electron chi connectivity index (χ0n) is 11.5. The highest BCUT2D eigenvalue weighted by Gasteiger charge is 2.21. The molecule has 1 heterocycles. The van der Waals surface area contributed by atoms with Crippen molar-refractivity contribution in [1.29, 1.82) is 0 Å². The van der Waals surface area contributed by atoms with Crippen molar-refractivity contribution in [2.75, 3.05) is 11.9 Å². The molecule has 110 valence electrons. The fourth-order valence-electron chi connectivity index (χ4n) is 1.71. The zero-order chi connectivity index (χ0) is 15.4. The first-order chi connectivity index (χ1) is 10.0. The van der Waals surface area contributed by atoms with E-state index in [0.717, 1.165) is 0 Å². The molecule has 0 unspecified atom stereocenters. The third-order valence-electron chi connectivity index (χ3n) is 2.55. The van der Waals surface area contributed by atoms with E-state index in [9.17, 15) is 14.9 Å². The second-order valence-electron chi connectivity index (χ2n) is 4.03. The Balaban J connectivity index is 2.36. The van der Waals surface area contributed by atoms with E-state index >= 15 is 0 Å². The maximum atomic E-state index is 11.8. The first-order valence-electron chi connectivity index (χ1n) is 6.18. The zero-order valence-corrected chi connectivity index (χ0v) is 12.3. The molecule has 0 bridgehead atoms. The van der Waals surface area contributed by atoms with Gasteiger partial charge in [0.2, 0.25) is 0 Å². The first kappa shape index (κ1) is 14.9. The van der Waals surface area contributed by atoms with Crippen LogP contribution in [-0.2, 0) is 4.74 Å². The summed E-state index contributed by atoms with van der Waals surface area (Å²) in [5, 5.41) is 15.0. The van der Waals surface area contributed by atoms with Crippen LogP contribution in [0.5, 0.6) is 0 Å². The molecule has 1 N–H and O–H groups in total. The lowest BCUT2D eigenvalue weighted by Gasteiger charge is -2.06. The summed E-state index contributed by atoms with van der Waals surface area (Å²) in [6.07, 6.45) is 0. The average Bonchev–Trinajstić information content (AvgIpc) is 2.80. The number of hydrogen-bond acceptors (Lipinski definition) is 7. The van der Waals surface area contributed by atoms with Gasteiger partial charge in [-0.05, 0) is 19.9 Å². The molecule has 21 heavy (non-hydrogen) atoms. The largest absolute Gasteiger partial charge is 0.461 e. The lowest BCUT2D eigenvalue weighted by molar-refractivity contribution is -0.383. The Morgan fingerprint density at radius 1 is 1.48 bits per heavy atom. The summed E-state index contributed by atoms with van der Waals surface area (Å²) < 4.78 is 4.93. The molecule has 2 aromatic rings. The van der Waals surface area contributed by atoms with Crippen LogP contribution < -0.4 is 5.32 Å². The van der Waals surface area contributed by atoms with Gasteiger partial charge in [-0.3, -0.25) is 10.1 Å². The minimum atomic E-state index is -0.553. The monoisotopic (exact) mass is 307 g/mol. The molecule has 8 heteroatoms. The molecule has 1 aromatic heterocycles. The van der Waals surface area contributed by atoms with Gasteiger partial charge in [0.15, 0.2) is 5.69 Å². The van der Waals surface area contributed by atoms with Crippen LogP contribution in [0.1, 0.15) is 22.4 Å². The Bertz CT molecular complexity index is 684. The Labute approximate surface area is 124 Å². The van der Waals surface area contributed by atoms with Crippen molar-refractivity contribution in [3.8, 4) is 0 Å². The number of ether oxygens (including phenoxy) is 1. The molecule has 0 amide bonds. The first-order valence-corrected chi connectivity index (χ1v) is 6.99. The molecule has 0 aliphatic rings. The number of anilines is 2. The molecule has 0 atom stereocenters. The number of nitro groups is 1. The SMILES string of the molecule is CCOC(=O)c1nc(C)sc1Nc1ccccc1[N+](=O)[O-]. The fourth-order valence-corrected chi connectivity index (χ4v) is 2.53. The Kier molecular flexibility index (Phi) is 4.49. The number of nitrogens with zero attached hydrogens (tertiary/aromatic N) is 2. The number of rotatable bonds is 5. The molecule has 0 radical (unpaired) electrons. The standard InChI is InChI=1S/C13H13N3O4S/c1-3-20-13(17)11-12(21-8(2)14-11)15-9-6-4-5-7-10(9)16(18)19/h4-7,15H,3H2,1-2H3. The quantitative estimate of drug-likeness (QED) is 0.517. The number of aryl methyl sites for hydroxylation is 1. The summed E-state index contributed by atoms with van der Waals surface area (Å²) in [7, 11) is 0. The molecule has 0 saturated carbocycles. The number of carbonyl (C=O) groups is 1. The van der Waals surface area contributed by atoms with E-state index < -0.39 is 10.9 Å². The molecule has 0 aliphatic heterocycles. The lowest BCUT2D eigenvalue weighted by Crippen LogP contribution is -2.08. The number of hydrogen-bond donors (Lipinski definition) is 1. The van der Waals surface area contributed by atoms with E-state index in [0.29, 0.717) is 15.7 Å². The van der Waals surface area contributed by atoms with Gasteiger partial charge in [-0.15, -0.1) is 11.3 Å². The number of nitro benzene ring substituents is 1. The van der Waals surface area contributed by atoms with Gasteiger partial charge in [0, 0.05) is 6.07 Å². The van der Waals surface area contributed by atoms with Gasteiger partial charge < -0.3 is 10.1 Å². The van der Waals surface area contributed by atoms with Crippen molar-refractivity contribution in [3.63, 3.8) is 0 Å². The highest BCUT2D eigenvalue weighted by molar-refractivity contribution is 7.16. The van der Waals surface area contributed by atoms with Crippen molar-refractivity contribution in [1.82, 2.24) is 4.98 Å². The van der Waals surface area contributed by atoms with Crippen LogP contribution in [-0.4, -0.2) is 22.5 Å². The fraction of sp³-hybridized carbons (Fsp3) is 0.231. The highest BCUT2D eigenvalue weighted by Crippen LogP contribution is 2.32. The van der Waals surface area contributed by atoms with Gasteiger partial charge in [0.1, 0.15) is 10.7 Å². The van der Waals surface area contributed by atoms with Crippen molar-refractivity contribution < 1.29 is 14.5 Å². The summed E-state index contributed by atoms with van der Waals surface area (Å²) in [6.45, 7) is 3.69. The average molecular weight is 307 g/mol. The Morgan fingerprint density at radius 2 is 2.19 bits per heavy atom. The van der Waals surface area contributed by atoms with Gasteiger partial charge in [-0.25, -0.2) is 9.78 Å². The third kappa shape index (κ3) is 3.34. The van der Waals surface area contributed by atoms with E-state index in [1.165, 1.54) is 17.4 Å². The minimum Gasteiger partial charge on any atom is -0.461 e. The van der Waals surface area contributed by atoms with Crippen LogP contribution in [0, 0.1) is 17.0 Å². The predicted molar refractivity (Wildman–Crippen MR) is 79.2 cm³/mol. The van der Waals surface area contributed by atoms with Crippen LogP contribution >= 0.6 is 11.3 Å². The summed E-state index contributed by atoms with van der Waals surface area (Å²) in [4.78, 5) is 26.5.